The van der Waals surface area contributed by atoms with Crippen LogP contribution in [0.5, 0.6) is 0 Å². The van der Waals surface area contributed by atoms with Crippen LogP contribution in [0.4, 0.5) is 0 Å². The molecule has 0 amide bonds. The summed E-state index contributed by atoms with van der Waals surface area (Å²) in [5.41, 5.74) is 0. The monoisotopic (exact) mass is 334 g/mol. The molecule has 1 saturated carbocycles. The molecule has 3 fully saturated rings. The van der Waals surface area contributed by atoms with Crippen LogP contribution in [-0.4, -0.2) is 95.3 Å². The number of fused-ring (bicyclic) bond motifs is 2. The van der Waals surface area contributed by atoms with Crippen LogP contribution in [0.15, 0.2) is 0 Å². The molecule has 0 spiro atoms. The molecule has 3 unspecified atom stereocenters. The van der Waals surface area contributed by atoms with E-state index in [9.17, 15) is 20.4 Å². The van der Waals surface area contributed by atoms with Gasteiger partial charge >= 0.3 is 0 Å². The Morgan fingerprint density at radius 1 is 0.957 bits per heavy atom. The first-order chi connectivity index (χ1) is 10.8. The van der Waals surface area contributed by atoms with Crippen molar-refractivity contribution >= 4 is 0 Å². The molecular weight excluding hydrogens is 308 g/mol. The first-order valence-corrected chi connectivity index (χ1v) is 7.93. The number of hydrogen-bond acceptors (Lipinski definition) is 9. The zero-order chi connectivity index (χ0) is 16.9. The van der Waals surface area contributed by atoms with Crippen LogP contribution in [0.25, 0.3) is 0 Å². The Morgan fingerprint density at radius 2 is 1.61 bits per heavy atom. The molecule has 0 aromatic carbocycles. The lowest BCUT2D eigenvalue weighted by Gasteiger charge is -2.57. The Labute approximate surface area is 134 Å². The number of aliphatic hydroxyl groups is 4. The summed E-state index contributed by atoms with van der Waals surface area (Å²) in [6, 6.07) is -1.23. The minimum Gasteiger partial charge on any atom is -0.390 e. The van der Waals surface area contributed by atoms with E-state index in [0.717, 1.165) is 0 Å². The number of aliphatic hydroxyl groups excluding tert-OH is 3. The van der Waals surface area contributed by atoms with Crippen molar-refractivity contribution in [2.45, 2.75) is 74.1 Å². The average Bonchev–Trinajstić information content (AvgIpc) is 2.49. The zero-order valence-electron chi connectivity index (χ0n) is 13.4. The molecule has 10 atom stereocenters. The van der Waals surface area contributed by atoms with Gasteiger partial charge in [-0.3, -0.25) is 0 Å². The molecule has 23 heavy (non-hydrogen) atoms. The molecule has 2 saturated heterocycles. The summed E-state index contributed by atoms with van der Waals surface area (Å²) in [6.07, 6.45) is -6.21. The lowest BCUT2D eigenvalue weighted by atomic mass is 9.80. The molecular formula is C14H26N2O7. The van der Waals surface area contributed by atoms with Gasteiger partial charge in [0.05, 0.1) is 24.3 Å². The van der Waals surface area contributed by atoms with Gasteiger partial charge in [-0.15, -0.1) is 0 Å². The van der Waals surface area contributed by atoms with Crippen molar-refractivity contribution in [1.82, 2.24) is 10.6 Å². The second kappa shape index (κ2) is 6.17. The van der Waals surface area contributed by atoms with E-state index < -0.39 is 54.7 Å². The van der Waals surface area contributed by atoms with Crippen LogP contribution in [0.2, 0.25) is 0 Å². The van der Waals surface area contributed by atoms with Gasteiger partial charge in [-0.2, -0.15) is 0 Å². The lowest BCUT2D eigenvalue weighted by molar-refractivity contribution is -0.462. The topological polar surface area (TPSA) is 133 Å². The number of ether oxygens (including phenoxy) is 3. The van der Waals surface area contributed by atoms with Gasteiger partial charge in [0, 0.05) is 6.42 Å². The summed E-state index contributed by atoms with van der Waals surface area (Å²) in [5.74, 6) is -2.03. The van der Waals surface area contributed by atoms with Crippen LogP contribution in [0, 0.1) is 0 Å². The van der Waals surface area contributed by atoms with E-state index in [1.54, 1.807) is 21.0 Å². The Balaban J connectivity index is 1.91. The Morgan fingerprint density at radius 3 is 2.22 bits per heavy atom. The van der Waals surface area contributed by atoms with Gasteiger partial charge in [-0.1, -0.05) is 0 Å². The number of nitrogens with one attached hydrogen (secondary N) is 2. The lowest BCUT2D eigenvalue weighted by Crippen LogP contribution is -2.78. The van der Waals surface area contributed by atoms with Crippen molar-refractivity contribution in [3.8, 4) is 0 Å². The predicted octanol–water partition coefficient (Wildman–Crippen LogP) is -3.13. The van der Waals surface area contributed by atoms with Gasteiger partial charge in [0.1, 0.15) is 24.4 Å². The van der Waals surface area contributed by atoms with Crippen LogP contribution >= 0.6 is 0 Å². The summed E-state index contributed by atoms with van der Waals surface area (Å²) < 4.78 is 17.0. The van der Waals surface area contributed by atoms with Crippen molar-refractivity contribution in [2.75, 3.05) is 14.1 Å². The highest BCUT2D eigenvalue weighted by Crippen LogP contribution is 2.41. The van der Waals surface area contributed by atoms with E-state index in [1.807, 2.05) is 0 Å². The molecule has 3 rings (SSSR count). The van der Waals surface area contributed by atoms with Crippen molar-refractivity contribution in [2.24, 2.45) is 0 Å². The fourth-order valence-corrected chi connectivity index (χ4v) is 3.83. The van der Waals surface area contributed by atoms with E-state index in [-0.39, 0.29) is 12.5 Å². The molecule has 3 aliphatic rings. The summed E-state index contributed by atoms with van der Waals surface area (Å²) in [7, 11) is 3.28. The fraction of sp³-hybridized carbons (Fsp3) is 1.00. The van der Waals surface area contributed by atoms with E-state index in [4.69, 9.17) is 14.2 Å². The summed E-state index contributed by atoms with van der Waals surface area (Å²) in [4.78, 5) is 0. The molecule has 9 heteroatoms. The largest absolute Gasteiger partial charge is 0.390 e. The highest BCUT2D eigenvalue weighted by molar-refractivity contribution is 5.09. The van der Waals surface area contributed by atoms with E-state index in [0.29, 0.717) is 0 Å². The molecule has 6 N–H and O–H groups in total. The summed E-state index contributed by atoms with van der Waals surface area (Å²) >= 11 is 0. The highest BCUT2D eigenvalue weighted by atomic mass is 16.8. The van der Waals surface area contributed by atoms with Gasteiger partial charge in [0.25, 0.3) is 0 Å². The van der Waals surface area contributed by atoms with Crippen molar-refractivity contribution < 1.29 is 34.6 Å². The molecule has 0 aromatic heterocycles. The third-order valence-electron chi connectivity index (χ3n) is 5.12. The van der Waals surface area contributed by atoms with Crippen molar-refractivity contribution in [3.63, 3.8) is 0 Å². The molecule has 0 radical (unpaired) electrons. The third kappa shape index (κ3) is 2.60. The molecule has 134 valence electrons. The molecule has 2 heterocycles. The van der Waals surface area contributed by atoms with Gasteiger partial charge in [0.15, 0.2) is 0 Å². The smallest absolute Gasteiger partial charge is 0.245 e. The van der Waals surface area contributed by atoms with Crippen LogP contribution in [0.3, 0.4) is 0 Å². The molecule has 0 bridgehead atoms. The normalized spacial score (nSPS) is 56.7. The van der Waals surface area contributed by atoms with Crippen LogP contribution in [-0.2, 0) is 14.2 Å². The summed E-state index contributed by atoms with van der Waals surface area (Å²) in [5, 5.41) is 47.7. The van der Waals surface area contributed by atoms with Crippen molar-refractivity contribution in [3.05, 3.63) is 0 Å². The van der Waals surface area contributed by atoms with Gasteiger partial charge in [0.2, 0.25) is 12.1 Å². The van der Waals surface area contributed by atoms with E-state index >= 15 is 0 Å². The molecule has 0 aromatic rings. The Hall–Kier alpha value is -0.360. The highest BCUT2D eigenvalue weighted by Gasteiger charge is 2.63. The quantitative estimate of drug-likeness (QED) is 0.310. The number of likely N-dealkylation sites (N-methyl/N-ethyl adjacent to an activating group) is 2. The third-order valence-corrected chi connectivity index (χ3v) is 5.12. The number of hydrogen-bond donors (Lipinski definition) is 6. The van der Waals surface area contributed by atoms with Crippen LogP contribution in [0.1, 0.15) is 13.3 Å². The van der Waals surface area contributed by atoms with E-state index in [1.165, 1.54) is 0 Å². The molecule has 2 aliphatic heterocycles. The first kappa shape index (κ1) is 17.5. The first-order valence-electron chi connectivity index (χ1n) is 7.93. The maximum Gasteiger partial charge on any atom is 0.245 e. The van der Waals surface area contributed by atoms with Crippen molar-refractivity contribution in [1.29, 1.82) is 0 Å². The Kier molecular flexibility index (Phi) is 4.69. The minimum absolute atomic E-state index is 0.197. The molecule has 9 nitrogen and oxygen atoms in total. The van der Waals surface area contributed by atoms with E-state index in [2.05, 4.69) is 10.6 Å². The second-order valence-electron chi connectivity index (χ2n) is 6.58. The van der Waals surface area contributed by atoms with Crippen LogP contribution < -0.4 is 10.6 Å². The predicted molar refractivity (Wildman–Crippen MR) is 77.4 cm³/mol. The zero-order valence-corrected chi connectivity index (χ0v) is 13.4. The standard InChI is InChI=1S/C14H26N2O7/c1-5-4-6(17)14(20)13(21-5)22-12-10(19)7(15-2)9(18)8(16-3)11(12)23-14/h5-13,15-20H,4H2,1-3H3/t5-,6-,7-,8+,9+,10+,11?,12?,13?,14+/m1/s1. The Bertz CT molecular complexity index is 441. The SMILES string of the molecule is CN[C@@H]1[C@H](O)[C@H](NC)C2O[C@]3(O)C(OC2[C@H]1O)O[C@H](C)C[C@H]3O. The fourth-order valence-electron chi connectivity index (χ4n) is 3.83. The molecule has 1 aliphatic carbocycles. The van der Waals surface area contributed by atoms with Gasteiger partial charge in [-0.05, 0) is 21.0 Å². The number of rotatable bonds is 2. The van der Waals surface area contributed by atoms with Gasteiger partial charge in [-0.25, -0.2) is 0 Å². The van der Waals surface area contributed by atoms with Gasteiger partial charge < -0.3 is 45.3 Å². The second-order valence-corrected chi connectivity index (χ2v) is 6.58. The maximum atomic E-state index is 10.7. The maximum absolute atomic E-state index is 10.7. The summed E-state index contributed by atoms with van der Waals surface area (Å²) in [6.45, 7) is 1.76. The minimum atomic E-state index is -2.03. The average molecular weight is 334 g/mol.